The van der Waals surface area contributed by atoms with Crippen molar-refractivity contribution in [2.45, 2.75) is 27.7 Å². The van der Waals surface area contributed by atoms with Gasteiger partial charge in [-0.05, 0) is 68.6 Å². The lowest BCUT2D eigenvalue weighted by Gasteiger charge is -2.29. The van der Waals surface area contributed by atoms with Gasteiger partial charge in [-0.1, -0.05) is 47.5 Å². The van der Waals surface area contributed by atoms with Crippen molar-refractivity contribution in [3.63, 3.8) is 0 Å². The quantitative estimate of drug-likeness (QED) is 0.701. The van der Waals surface area contributed by atoms with Crippen molar-refractivity contribution < 1.29 is 10.0 Å². The predicted octanol–water partition coefficient (Wildman–Crippen LogP) is 4.07. The molecule has 0 saturated heterocycles. The van der Waals surface area contributed by atoms with Crippen LogP contribution in [0.3, 0.4) is 0 Å². The van der Waals surface area contributed by atoms with E-state index in [2.05, 4.69) is 69.0 Å². The zero-order valence-corrected chi connectivity index (χ0v) is 15.7. The fraction of sp³-hybridized carbons (Fsp3) is 0.182. The third kappa shape index (κ3) is 3.67. The van der Waals surface area contributed by atoms with Crippen molar-refractivity contribution >= 4 is 29.6 Å². The molecule has 26 heavy (non-hydrogen) atoms. The van der Waals surface area contributed by atoms with E-state index in [0.29, 0.717) is 5.46 Å². The van der Waals surface area contributed by atoms with Gasteiger partial charge < -0.3 is 14.9 Å². The second kappa shape index (κ2) is 7.36. The van der Waals surface area contributed by atoms with Crippen LogP contribution in [0.2, 0.25) is 0 Å². The summed E-state index contributed by atoms with van der Waals surface area (Å²) in [5, 5.41) is 18.8. The molecular formula is C22H24BNO2. The lowest BCUT2D eigenvalue weighted by Crippen LogP contribution is -2.29. The van der Waals surface area contributed by atoms with Crippen LogP contribution in [0.1, 0.15) is 22.3 Å². The van der Waals surface area contributed by atoms with Crippen molar-refractivity contribution in [1.82, 2.24) is 0 Å². The van der Waals surface area contributed by atoms with Gasteiger partial charge in [0.25, 0.3) is 0 Å². The highest BCUT2D eigenvalue weighted by atomic mass is 16.4. The van der Waals surface area contributed by atoms with E-state index in [-0.39, 0.29) is 0 Å². The molecule has 3 aromatic rings. The Hall–Kier alpha value is -2.56. The Bertz CT molecular complexity index is 879. The van der Waals surface area contributed by atoms with Crippen molar-refractivity contribution in [3.8, 4) is 0 Å². The molecule has 0 radical (unpaired) electrons. The predicted molar refractivity (Wildman–Crippen MR) is 110 cm³/mol. The van der Waals surface area contributed by atoms with Crippen LogP contribution in [0.4, 0.5) is 17.1 Å². The monoisotopic (exact) mass is 345 g/mol. The number of nitrogens with zero attached hydrogens (tertiary/aromatic N) is 1. The van der Waals surface area contributed by atoms with E-state index >= 15 is 0 Å². The van der Waals surface area contributed by atoms with Gasteiger partial charge in [0.05, 0.1) is 5.69 Å². The Balaban J connectivity index is 2.19. The SMILES string of the molecule is Cc1ccc(N(c2ccc(B(O)O)cc2)c2c(C)cc(C)cc2C)cc1. The minimum absolute atomic E-state index is 0.481. The first-order valence-electron chi connectivity index (χ1n) is 8.77. The second-order valence-electron chi connectivity index (χ2n) is 6.88. The number of anilines is 3. The molecule has 0 unspecified atom stereocenters. The maximum Gasteiger partial charge on any atom is 0.488 e. The largest absolute Gasteiger partial charge is 0.488 e. The molecular weight excluding hydrogens is 321 g/mol. The van der Waals surface area contributed by atoms with E-state index in [9.17, 15) is 10.0 Å². The van der Waals surface area contributed by atoms with Gasteiger partial charge in [0.1, 0.15) is 0 Å². The summed E-state index contributed by atoms with van der Waals surface area (Å²) < 4.78 is 0. The minimum Gasteiger partial charge on any atom is -0.423 e. The Kier molecular flexibility index (Phi) is 5.17. The normalized spacial score (nSPS) is 10.7. The Morgan fingerprint density at radius 1 is 0.654 bits per heavy atom. The zero-order valence-electron chi connectivity index (χ0n) is 15.7. The molecule has 0 heterocycles. The first-order valence-corrected chi connectivity index (χ1v) is 8.77. The average molecular weight is 345 g/mol. The summed E-state index contributed by atoms with van der Waals surface area (Å²) in [6.45, 7) is 8.44. The maximum atomic E-state index is 9.38. The minimum atomic E-state index is -1.46. The van der Waals surface area contributed by atoms with Crippen LogP contribution in [0.5, 0.6) is 0 Å². The van der Waals surface area contributed by atoms with E-state index in [1.165, 1.54) is 22.3 Å². The van der Waals surface area contributed by atoms with Crippen molar-refractivity contribution in [2.24, 2.45) is 0 Å². The van der Waals surface area contributed by atoms with Gasteiger partial charge in [0.15, 0.2) is 0 Å². The van der Waals surface area contributed by atoms with Gasteiger partial charge in [-0.15, -0.1) is 0 Å². The first kappa shape index (κ1) is 18.2. The summed E-state index contributed by atoms with van der Waals surface area (Å²) in [5.41, 5.74) is 8.54. The van der Waals surface area contributed by atoms with Gasteiger partial charge in [-0.3, -0.25) is 0 Å². The van der Waals surface area contributed by atoms with Crippen LogP contribution < -0.4 is 10.4 Å². The van der Waals surface area contributed by atoms with E-state index < -0.39 is 7.12 Å². The molecule has 0 bridgehead atoms. The van der Waals surface area contributed by atoms with Gasteiger partial charge in [-0.2, -0.15) is 0 Å². The lowest BCUT2D eigenvalue weighted by atomic mass is 9.80. The molecule has 0 aliphatic heterocycles. The van der Waals surface area contributed by atoms with E-state index in [1.807, 2.05) is 12.1 Å². The van der Waals surface area contributed by atoms with Crippen molar-refractivity contribution in [2.75, 3.05) is 4.90 Å². The average Bonchev–Trinajstić information content (AvgIpc) is 2.59. The highest BCUT2D eigenvalue weighted by molar-refractivity contribution is 6.58. The molecule has 4 heteroatoms. The molecule has 0 spiro atoms. The van der Waals surface area contributed by atoms with Gasteiger partial charge in [0.2, 0.25) is 0 Å². The Labute approximate surface area is 155 Å². The molecule has 3 rings (SSSR count). The second-order valence-corrected chi connectivity index (χ2v) is 6.88. The van der Waals surface area contributed by atoms with Gasteiger partial charge in [-0.25, -0.2) is 0 Å². The molecule has 0 atom stereocenters. The first-order chi connectivity index (χ1) is 12.4. The standard InChI is InChI=1S/C22H24BNO2/c1-15-5-9-20(10-6-15)24(21-11-7-19(8-12-21)23(25)26)22-17(3)13-16(2)14-18(22)4/h5-14,25-26H,1-4H3. The van der Waals surface area contributed by atoms with E-state index in [1.54, 1.807) is 12.1 Å². The molecule has 0 amide bonds. The van der Waals surface area contributed by atoms with Gasteiger partial charge in [0, 0.05) is 11.4 Å². The van der Waals surface area contributed by atoms with Crippen LogP contribution in [-0.2, 0) is 0 Å². The molecule has 3 aromatic carbocycles. The number of hydrogen-bond donors (Lipinski definition) is 2. The third-order valence-electron chi connectivity index (χ3n) is 4.60. The molecule has 0 saturated carbocycles. The summed E-state index contributed by atoms with van der Waals surface area (Å²) in [6.07, 6.45) is 0. The summed E-state index contributed by atoms with van der Waals surface area (Å²) in [5.74, 6) is 0. The molecule has 0 fully saturated rings. The molecule has 3 nitrogen and oxygen atoms in total. The smallest absolute Gasteiger partial charge is 0.423 e. The molecule has 2 N–H and O–H groups in total. The summed E-state index contributed by atoms with van der Waals surface area (Å²) >= 11 is 0. The lowest BCUT2D eigenvalue weighted by molar-refractivity contribution is 0.426. The Morgan fingerprint density at radius 2 is 1.12 bits per heavy atom. The molecule has 0 aliphatic carbocycles. The van der Waals surface area contributed by atoms with Crippen molar-refractivity contribution in [1.29, 1.82) is 0 Å². The summed E-state index contributed by atoms with van der Waals surface area (Å²) in [4.78, 5) is 2.22. The molecule has 132 valence electrons. The fourth-order valence-electron chi connectivity index (χ4n) is 3.42. The maximum absolute atomic E-state index is 9.38. The topological polar surface area (TPSA) is 43.7 Å². The van der Waals surface area contributed by atoms with Crippen LogP contribution in [-0.4, -0.2) is 17.2 Å². The van der Waals surface area contributed by atoms with Crippen LogP contribution in [0.25, 0.3) is 0 Å². The van der Waals surface area contributed by atoms with E-state index in [0.717, 1.165) is 17.1 Å². The molecule has 0 aliphatic rings. The number of aryl methyl sites for hydroxylation is 4. The third-order valence-corrected chi connectivity index (χ3v) is 4.60. The van der Waals surface area contributed by atoms with Crippen molar-refractivity contribution in [3.05, 3.63) is 82.9 Å². The Morgan fingerprint density at radius 3 is 1.58 bits per heavy atom. The zero-order chi connectivity index (χ0) is 18.8. The van der Waals surface area contributed by atoms with Crippen LogP contribution >= 0.6 is 0 Å². The number of rotatable bonds is 4. The van der Waals surface area contributed by atoms with Gasteiger partial charge >= 0.3 is 7.12 Å². The number of benzene rings is 3. The molecule has 0 aromatic heterocycles. The van der Waals surface area contributed by atoms with Crippen LogP contribution in [0, 0.1) is 27.7 Å². The highest BCUT2D eigenvalue weighted by Gasteiger charge is 2.18. The number of hydrogen-bond acceptors (Lipinski definition) is 3. The fourth-order valence-corrected chi connectivity index (χ4v) is 3.42. The van der Waals surface area contributed by atoms with Crippen LogP contribution in [0.15, 0.2) is 60.7 Å². The highest BCUT2D eigenvalue weighted by Crippen LogP contribution is 2.38. The van der Waals surface area contributed by atoms with E-state index in [4.69, 9.17) is 0 Å². The summed E-state index contributed by atoms with van der Waals surface area (Å²) in [6, 6.07) is 20.2. The summed E-state index contributed by atoms with van der Waals surface area (Å²) in [7, 11) is -1.46.